The lowest BCUT2D eigenvalue weighted by Gasteiger charge is -2.22. The first kappa shape index (κ1) is 14.3. The summed E-state index contributed by atoms with van der Waals surface area (Å²) in [6, 6.07) is 4.50. The Morgan fingerprint density at radius 1 is 1.37 bits per heavy atom. The van der Waals surface area contributed by atoms with Crippen molar-refractivity contribution >= 4 is 0 Å². The quantitative estimate of drug-likeness (QED) is 0.856. The third-order valence-electron chi connectivity index (χ3n) is 3.32. The Labute approximate surface area is 115 Å². The fourth-order valence-electron chi connectivity index (χ4n) is 2.04. The molecule has 1 aliphatic rings. The van der Waals surface area contributed by atoms with Gasteiger partial charge in [0, 0.05) is 25.8 Å². The number of ether oxygens (including phenoxy) is 2. The van der Waals surface area contributed by atoms with Crippen LogP contribution in [-0.4, -0.2) is 30.8 Å². The first-order chi connectivity index (χ1) is 9.24. The van der Waals surface area contributed by atoms with E-state index in [0.29, 0.717) is 12.0 Å². The average Bonchev–Trinajstić information content (AvgIpc) is 2.45. The zero-order chi connectivity index (χ0) is 13.5. The first-order valence-corrected chi connectivity index (χ1v) is 7.13. The van der Waals surface area contributed by atoms with E-state index >= 15 is 0 Å². The van der Waals surface area contributed by atoms with Gasteiger partial charge in [0.1, 0.15) is 5.75 Å². The zero-order valence-corrected chi connectivity index (χ0v) is 11.9. The monoisotopic (exact) mass is 264 g/mol. The van der Waals surface area contributed by atoms with Crippen molar-refractivity contribution in [2.75, 3.05) is 19.8 Å². The minimum Gasteiger partial charge on any atom is -0.492 e. The molecule has 1 aromatic heterocycles. The second-order valence-electron chi connectivity index (χ2n) is 5.39. The summed E-state index contributed by atoms with van der Waals surface area (Å²) in [5.41, 5.74) is 1.05. The summed E-state index contributed by atoms with van der Waals surface area (Å²) < 4.78 is 11.1. The number of pyridine rings is 1. The predicted molar refractivity (Wildman–Crippen MR) is 75.3 cm³/mol. The van der Waals surface area contributed by atoms with Crippen LogP contribution >= 0.6 is 0 Å². The van der Waals surface area contributed by atoms with Crippen molar-refractivity contribution in [3.8, 4) is 5.75 Å². The van der Waals surface area contributed by atoms with Crippen LogP contribution in [0.5, 0.6) is 5.75 Å². The topological polar surface area (TPSA) is 43.4 Å². The summed E-state index contributed by atoms with van der Waals surface area (Å²) in [6.45, 7) is 7.57. The van der Waals surface area contributed by atoms with Crippen molar-refractivity contribution in [1.82, 2.24) is 10.3 Å². The molecule has 0 spiro atoms. The fourth-order valence-corrected chi connectivity index (χ4v) is 2.04. The van der Waals surface area contributed by atoms with Crippen molar-refractivity contribution in [2.45, 2.75) is 39.3 Å². The molecule has 0 bridgehead atoms. The van der Waals surface area contributed by atoms with E-state index in [1.54, 1.807) is 0 Å². The molecule has 1 fully saturated rings. The maximum absolute atomic E-state index is 5.79. The van der Waals surface area contributed by atoms with Crippen LogP contribution in [0.1, 0.15) is 32.4 Å². The molecule has 0 unspecified atom stereocenters. The molecule has 0 aliphatic carbocycles. The van der Waals surface area contributed by atoms with Gasteiger partial charge in [0.15, 0.2) is 0 Å². The van der Waals surface area contributed by atoms with E-state index in [2.05, 4.69) is 24.1 Å². The van der Waals surface area contributed by atoms with Gasteiger partial charge in [0.25, 0.3) is 0 Å². The third-order valence-corrected chi connectivity index (χ3v) is 3.32. The summed E-state index contributed by atoms with van der Waals surface area (Å²) in [5, 5.41) is 3.35. The van der Waals surface area contributed by atoms with Crippen LogP contribution in [0.25, 0.3) is 0 Å². The predicted octanol–water partition coefficient (Wildman–Crippen LogP) is 2.39. The van der Waals surface area contributed by atoms with E-state index in [0.717, 1.165) is 50.7 Å². The number of nitrogens with zero attached hydrogens (tertiary/aromatic N) is 1. The van der Waals surface area contributed by atoms with Gasteiger partial charge in [-0.3, -0.25) is 4.98 Å². The zero-order valence-electron chi connectivity index (χ0n) is 11.9. The Balaban J connectivity index is 1.74. The summed E-state index contributed by atoms with van der Waals surface area (Å²) >= 11 is 0. The molecule has 0 atom stereocenters. The molecule has 1 N–H and O–H groups in total. The van der Waals surface area contributed by atoms with Crippen molar-refractivity contribution in [3.05, 3.63) is 24.0 Å². The van der Waals surface area contributed by atoms with Gasteiger partial charge in [-0.25, -0.2) is 0 Å². The summed E-state index contributed by atoms with van der Waals surface area (Å²) in [6.07, 6.45) is 4.02. The van der Waals surface area contributed by atoms with Crippen LogP contribution in [0.3, 0.4) is 0 Å². The molecule has 0 aromatic carbocycles. The molecule has 0 saturated carbocycles. The van der Waals surface area contributed by atoms with E-state index in [9.17, 15) is 0 Å². The number of hydrogen-bond acceptors (Lipinski definition) is 4. The van der Waals surface area contributed by atoms with Gasteiger partial charge in [0.05, 0.1) is 18.5 Å². The Morgan fingerprint density at radius 2 is 2.16 bits per heavy atom. The van der Waals surface area contributed by atoms with Crippen LogP contribution in [0.2, 0.25) is 0 Å². The van der Waals surface area contributed by atoms with E-state index in [1.807, 2.05) is 18.3 Å². The normalized spacial score (nSPS) is 16.8. The molecule has 106 valence electrons. The third kappa shape index (κ3) is 5.17. The molecular weight excluding hydrogens is 240 g/mol. The van der Waals surface area contributed by atoms with E-state index < -0.39 is 0 Å². The number of hydrogen-bond donors (Lipinski definition) is 1. The van der Waals surface area contributed by atoms with Crippen LogP contribution < -0.4 is 10.1 Å². The molecule has 2 heterocycles. The van der Waals surface area contributed by atoms with Gasteiger partial charge in [-0.05, 0) is 30.9 Å². The highest BCUT2D eigenvalue weighted by Crippen LogP contribution is 2.17. The largest absolute Gasteiger partial charge is 0.492 e. The lowest BCUT2D eigenvalue weighted by atomic mass is 10.0. The smallest absolute Gasteiger partial charge is 0.137 e. The number of rotatable bonds is 6. The van der Waals surface area contributed by atoms with Gasteiger partial charge in [-0.1, -0.05) is 13.8 Å². The van der Waals surface area contributed by atoms with E-state index in [1.165, 1.54) is 0 Å². The van der Waals surface area contributed by atoms with Gasteiger partial charge in [0.2, 0.25) is 0 Å². The standard InChI is InChI=1S/C15H24N2O2/c1-12(2)16-9-14-3-4-15(10-17-14)19-11-13-5-7-18-8-6-13/h3-4,10,12-13,16H,5-9,11H2,1-2H3. The summed E-state index contributed by atoms with van der Waals surface area (Å²) in [5.74, 6) is 1.48. The average molecular weight is 264 g/mol. The first-order valence-electron chi connectivity index (χ1n) is 7.13. The van der Waals surface area contributed by atoms with Gasteiger partial charge in [-0.2, -0.15) is 0 Å². The van der Waals surface area contributed by atoms with Crippen molar-refractivity contribution in [1.29, 1.82) is 0 Å². The second kappa shape index (κ2) is 7.46. The van der Waals surface area contributed by atoms with Gasteiger partial charge in [-0.15, -0.1) is 0 Å². The van der Waals surface area contributed by atoms with E-state index in [-0.39, 0.29) is 0 Å². The molecule has 19 heavy (non-hydrogen) atoms. The number of nitrogens with one attached hydrogen (secondary N) is 1. The second-order valence-corrected chi connectivity index (χ2v) is 5.39. The van der Waals surface area contributed by atoms with Crippen LogP contribution in [-0.2, 0) is 11.3 Å². The Morgan fingerprint density at radius 3 is 2.79 bits per heavy atom. The molecule has 0 amide bonds. The lowest BCUT2D eigenvalue weighted by Crippen LogP contribution is -2.22. The molecular formula is C15H24N2O2. The molecule has 1 saturated heterocycles. The molecule has 1 aliphatic heterocycles. The fraction of sp³-hybridized carbons (Fsp3) is 0.667. The molecule has 4 nitrogen and oxygen atoms in total. The minimum atomic E-state index is 0.478. The highest BCUT2D eigenvalue weighted by Gasteiger charge is 2.14. The SMILES string of the molecule is CC(C)NCc1ccc(OCC2CCOCC2)cn1. The van der Waals surface area contributed by atoms with E-state index in [4.69, 9.17) is 9.47 Å². The highest BCUT2D eigenvalue weighted by molar-refractivity contribution is 5.19. The van der Waals surface area contributed by atoms with Crippen molar-refractivity contribution in [3.63, 3.8) is 0 Å². The maximum Gasteiger partial charge on any atom is 0.137 e. The Kier molecular flexibility index (Phi) is 5.61. The van der Waals surface area contributed by atoms with Crippen molar-refractivity contribution in [2.24, 2.45) is 5.92 Å². The maximum atomic E-state index is 5.79. The summed E-state index contributed by atoms with van der Waals surface area (Å²) in [7, 11) is 0. The lowest BCUT2D eigenvalue weighted by molar-refractivity contribution is 0.0497. The highest BCUT2D eigenvalue weighted by atomic mass is 16.5. The van der Waals surface area contributed by atoms with Gasteiger partial charge < -0.3 is 14.8 Å². The molecule has 2 rings (SSSR count). The number of aromatic nitrogens is 1. The van der Waals surface area contributed by atoms with Crippen LogP contribution in [0.4, 0.5) is 0 Å². The van der Waals surface area contributed by atoms with Crippen LogP contribution in [0.15, 0.2) is 18.3 Å². The van der Waals surface area contributed by atoms with Crippen LogP contribution in [0, 0.1) is 5.92 Å². The summed E-state index contributed by atoms with van der Waals surface area (Å²) in [4.78, 5) is 4.40. The Bertz CT molecular complexity index is 359. The molecule has 0 radical (unpaired) electrons. The minimum absolute atomic E-state index is 0.478. The van der Waals surface area contributed by atoms with Crippen molar-refractivity contribution < 1.29 is 9.47 Å². The Hall–Kier alpha value is -1.13. The molecule has 4 heteroatoms. The van der Waals surface area contributed by atoms with Gasteiger partial charge >= 0.3 is 0 Å². The molecule has 1 aromatic rings.